The Kier molecular flexibility index (Phi) is 7.15. The SMILES string of the molecule is Cl.N[C@@H]1CC[C@@H](C(O)COC2CC(OC(F)(F)F)C2)OC1. The zero-order valence-corrected chi connectivity index (χ0v) is 12.2. The normalized spacial score (nSPS) is 34.7. The van der Waals surface area contributed by atoms with Crippen LogP contribution in [-0.2, 0) is 14.2 Å². The number of alkyl halides is 3. The van der Waals surface area contributed by atoms with Gasteiger partial charge in [-0.15, -0.1) is 25.6 Å². The molecule has 0 aromatic heterocycles. The summed E-state index contributed by atoms with van der Waals surface area (Å²) in [7, 11) is 0. The molecule has 0 spiro atoms. The van der Waals surface area contributed by atoms with Gasteiger partial charge in [0, 0.05) is 18.9 Å². The minimum Gasteiger partial charge on any atom is -0.388 e. The third-order valence-corrected chi connectivity index (χ3v) is 3.63. The van der Waals surface area contributed by atoms with E-state index in [2.05, 4.69) is 4.74 Å². The Morgan fingerprint density at radius 2 is 1.90 bits per heavy atom. The molecule has 0 aromatic carbocycles. The molecule has 0 amide bonds. The molecule has 2 fully saturated rings. The fourth-order valence-corrected chi connectivity index (χ4v) is 2.38. The highest BCUT2D eigenvalue weighted by Gasteiger charge is 2.41. The van der Waals surface area contributed by atoms with Crippen molar-refractivity contribution in [1.82, 2.24) is 0 Å². The summed E-state index contributed by atoms with van der Waals surface area (Å²) in [5, 5.41) is 9.88. The van der Waals surface area contributed by atoms with Crippen molar-refractivity contribution in [3.63, 3.8) is 0 Å². The van der Waals surface area contributed by atoms with E-state index in [0.29, 0.717) is 13.0 Å². The lowest BCUT2D eigenvalue weighted by Gasteiger charge is -2.36. The molecule has 1 heterocycles. The van der Waals surface area contributed by atoms with E-state index >= 15 is 0 Å². The second kappa shape index (κ2) is 7.94. The van der Waals surface area contributed by atoms with Gasteiger partial charge in [0.15, 0.2) is 0 Å². The van der Waals surface area contributed by atoms with E-state index in [4.69, 9.17) is 15.2 Å². The van der Waals surface area contributed by atoms with E-state index in [1.54, 1.807) is 0 Å². The van der Waals surface area contributed by atoms with E-state index < -0.39 is 18.6 Å². The van der Waals surface area contributed by atoms with Crippen LogP contribution in [0.5, 0.6) is 0 Å². The molecule has 1 saturated carbocycles. The number of aliphatic hydroxyl groups excluding tert-OH is 1. The number of aliphatic hydroxyl groups is 1. The molecular weight excluding hydrogens is 315 g/mol. The predicted octanol–water partition coefficient (Wildman–Crippen LogP) is 1.36. The Bertz CT molecular complexity index is 307. The second-order valence-corrected chi connectivity index (χ2v) is 5.39. The summed E-state index contributed by atoms with van der Waals surface area (Å²) in [5.74, 6) is 0. The predicted molar refractivity (Wildman–Crippen MR) is 70.1 cm³/mol. The number of nitrogens with two attached hydrogens (primary N) is 1. The van der Waals surface area contributed by atoms with Crippen molar-refractivity contribution in [3.8, 4) is 0 Å². The zero-order valence-electron chi connectivity index (χ0n) is 11.4. The van der Waals surface area contributed by atoms with Crippen molar-refractivity contribution in [2.24, 2.45) is 5.73 Å². The van der Waals surface area contributed by atoms with Gasteiger partial charge >= 0.3 is 6.36 Å². The molecule has 1 unspecified atom stereocenters. The third-order valence-electron chi connectivity index (χ3n) is 3.63. The van der Waals surface area contributed by atoms with Crippen LogP contribution in [0.4, 0.5) is 13.2 Å². The van der Waals surface area contributed by atoms with Crippen molar-refractivity contribution >= 4 is 12.4 Å². The molecule has 1 aliphatic carbocycles. The van der Waals surface area contributed by atoms with Gasteiger partial charge in [-0.05, 0) is 12.8 Å². The van der Waals surface area contributed by atoms with Gasteiger partial charge in [0.2, 0.25) is 0 Å². The molecule has 3 atom stereocenters. The van der Waals surface area contributed by atoms with Gasteiger partial charge in [0.05, 0.1) is 31.5 Å². The van der Waals surface area contributed by atoms with Crippen LogP contribution in [0.25, 0.3) is 0 Å². The highest BCUT2D eigenvalue weighted by molar-refractivity contribution is 5.85. The molecule has 5 nitrogen and oxygen atoms in total. The Balaban J connectivity index is 0.00000220. The van der Waals surface area contributed by atoms with Crippen LogP contribution >= 0.6 is 12.4 Å². The smallest absolute Gasteiger partial charge is 0.388 e. The summed E-state index contributed by atoms with van der Waals surface area (Å²) in [6, 6.07) is 0.00581. The minimum absolute atomic E-state index is 0. The largest absolute Gasteiger partial charge is 0.522 e. The monoisotopic (exact) mass is 335 g/mol. The van der Waals surface area contributed by atoms with Gasteiger partial charge in [-0.1, -0.05) is 0 Å². The first-order chi connectivity index (χ1) is 9.33. The summed E-state index contributed by atoms with van der Waals surface area (Å²) in [6.45, 7) is 0.468. The first kappa shape index (κ1) is 18.9. The Labute approximate surface area is 127 Å². The van der Waals surface area contributed by atoms with Gasteiger partial charge in [0.25, 0.3) is 0 Å². The first-order valence-electron chi connectivity index (χ1n) is 6.75. The maximum atomic E-state index is 11.9. The third kappa shape index (κ3) is 6.25. The quantitative estimate of drug-likeness (QED) is 0.793. The van der Waals surface area contributed by atoms with Crippen molar-refractivity contribution < 1.29 is 32.5 Å². The molecule has 1 aliphatic heterocycles. The molecule has 1 saturated heterocycles. The van der Waals surface area contributed by atoms with Crippen LogP contribution in [0.3, 0.4) is 0 Å². The average Bonchev–Trinajstić information content (AvgIpc) is 2.31. The van der Waals surface area contributed by atoms with Crippen LogP contribution in [0.2, 0.25) is 0 Å². The molecule has 126 valence electrons. The van der Waals surface area contributed by atoms with Gasteiger partial charge in [-0.25, -0.2) is 0 Å². The van der Waals surface area contributed by atoms with Crippen molar-refractivity contribution in [2.75, 3.05) is 13.2 Å². The summed E-state index contributed by atoms with van der Waals surface area (Å²) in [5.41, 5.74) is 5.67. The number of hydrogen-bond donors (Lipinski definition) is 2. The minimum atomic E-state index is -4.59. The van der Waals surface area contributed by atoms with E-state index in [0.717, 1.165) is 6.42 Å². The summed E-state index contributed by atoms with van der Waals surface area (Å²) in [6.07, 6.45) is -4.95. The fraction of sp³-hybridized carbons (Fsp3) is 1.00. The molecule has 9 heteroatoms. The summed E-state index contributed by atoms with van der Waals surface area (Å²) >= 11 is 0. The van der Waals surface area contributed by atoms with Crippen molar-refractivity contribution in [2.45, 2.75) is 62.5 Å². The number of ether oxygens (including phenoxy) is 3. The highest BCUT2D eigenvalue weighted by Crippen LogP contribution is 2.32. The standard InChI is InChI=1S/C12H20F3NO4.ClH/c13-12(14,15)20-9-3-8(4-9)18-6-10(17)11-2-1-7(16)5-19-11;/h7-11,17H,1-6,16H2;1H/t7-,8?,9?,10?,11+;/m1./s1. The van der Waals surface area contributed by atoms with E-state index in [1.807, 2.05) is 0 Å². The van der Waals surface area contributed by atoms with Crippen molar-refractivity contribution in [3.05, 3.63) is 0 Å². The molecule has 2 aliphatic rings. The van der Waals surface area contributed by atoms with Crippen LogP contribution in [0, 0.1) is 0 Å². The summed E-state index contributed by atoms with van der Waals surface area (Å²) in [4.78, 5) is 0. The number of hydrogen-bond acceptors (Lipinski definition) is 5. The average molecular weight is 336 g/mol. The van der Waals surface area contributed by atoms with E-state index in [1.165, 1.54) is 0 Å². The number of rotatable bonds is 5. The molecule has 2 rings (SSSR count). The Hall–Kier alpha value is -0.120. The van der Waals surface area contributed by atoms with Gasteiger partial charge in [-0.2, -0.15) is 0 Å². The van der Waals surface area contributed by atoms with Crippen LogP contribution < -0.4 is 5.73 Å². The topological polar surface area (TPSA) is 73.9 Å². The van der Waals surface area contributed by atoms with E-state index in [-0.39, 0.29) is 50.1 Å². The van der Waals surface area contributed by atoms with Crippen molar-refractivity contribution in [1.29, 1.82) is 0 Å². The van der Waals surface area contributed by atoms with Crippen LogP contribution in [-0.4, -0.2) is 55.1 Å². The molecular formula is C12H21ClF3NO4. The Morgan fingerprint density at radius 1 is 1.24 bits per heavy atom. The molecule has 0 radical (unpaired) electrons. The number of halogens is 4. The van der Waals surface area contributed by atoms with Crippen LogP contribution in [0.1, 0.15) is 25.7 Å². The van der Waals surface area contributed by atoms with Crippen LogP contribution in [0.15, 0.2) is 0 Å². The first-order valence-corrected chi connectivity index (χ1v) is 6.75. The summed E-state index contributed by atoms with van der Waals surface area (Å²) < 4.78 is 50.3. The molecule has 0 aromatic rings. The lowest BCUT2D eigenvalue weighted by molar-refractivity contribution is -0.357. The Morgan fingerprint density at radius 3 is 2.43 bits per heavy atom. The van der Waals surface area contributed by atoms with Gasteiger partial charge in [0.1, 0.15) is 6.10 Å². The molecule has 3 N–H and O–H groups in total. The lowest BCUT2D eigenvalue weighted by Crippen LogP contribution is -2.45. The maximum absolute atomic E-state index is 11.9. The zero-order chi connectivity index (χ0) is 14.8. The van der Waals surface area contributed by atoms with Gasteiger partial charge < -0.3 is 20.3 Å². The maximum Gasteiger partial charge on any atom is 0.522 e. The van der Waals surface area contributed by atoms with Gasteiger partial charge in [-0.3, -0.25) is 4.74 Å². The fourth-order valence-electron chi connectivity index (χ4n) is 2.38. The molecule has 0 bridgehead atoms. The second-order valence-electron chi connectivity index (χ2n) is 5.39. The molecule has 21 heavy (non-hydrogen) atoms. The van der Waals surface area contributed by atoms with E-state index in [9.17, 15) is 18.3 Å². The lowest BCUT2D eigenvalue weighted by atomic mass is 9.92. The highest BCUT2D eigenvalue weighted by atomic mass is 35.5.